The van der Waals surface area contributed by atoms with E-state index in [0.717, 1.165) is 43.9 Å². The Labute approximate surface area is 122 Å². The van der Waals surface area contributed by atoms with Gasteiger partial charge in [0.25, 0.3) is 0 Å². The van der Waals surface area contributed by atoms with Gasteiger partial charge in [-0.3, -0.25) is 0 Å². The summed E-state index contributed by atoms with van der Waals surface area (Å²) in [6.45, 7) is 4.18. The second-order valence-corrected chi connectivity index (χ2v) is 4.99. The summed E-state index contributed by atoms with van der Waals surface area (Å²) in [6.07, 6.45) is 3.18. The van der Waals surface area contributed by atoms with Crippen molar-refractivity contribution >= 4 is 0 Å². The van der Waals surface area contributed by atoms with Crippen LogP contribution in [0.4, 0.5) is 0 Å². The Morgan fingerprint density at radius 2 is 1.90 bits per heavy atom. The van der Waals surface area contributed by atoms with Crippen LogP contribution in [0.25, 0.3) is 0 Å². The largest absolute Gasteiger partial charge is 0.493 e. The van der Waals surface area contributed by atoms with E-state index in [1.54, 1.807) is 14.2 Å². The van der Waals surface area contributed by atoms with Crippen LogP contribution in [-0.2, 0) is 6.54 Å². The lowest BCUT2D eigenvalue weighted by Gasteiger charge is -2.16. The van der Waals surface area contributed by atoms with E-state index < -0.39 is 0 Å². The van der Waals surface area contributed by atoms with Gasteiger partial charge < -0.3 is 19.9 Å². The van der Waals surface area contributed by atoms with E-state index in [-0.39, 0.29) is 6.61 Å². The first kappa shape index (κ1) is 16.8. The second kappa shape index (κ2) is 9.61. The van der Waals surface area contributed by atoms with Crippen LogP contribution >= 0.6 is 0 Å². The standard InChI is InChI=1S/C16H27NO3/c1-4-5-13(8-9-18)11-17-12-14-6-7-15(19-2)16(10-14)20-3/h6-7,10,13,17-18H,4-5,8-9,11-12H2,1-3H3. The summed E-state index contributed by atoms with van der Waals surface area (Å²) >= 11 is 0. The van der Waals surface area contributed by atoms with Crippen molar-refractivity contribution in [1.29, 1.82) is 0 Å². The number of hydrogen-bond donors (Lipinski definition) is 2. The molecule has 0 aliphatic rings. The van der Waals surface area contributed by atoms with Crippen LogP contribution in [0.1, 0.15) is 31.7 Å². The van der Waals surface area contributed by atoms with Gasteiger partial charge in [0.2, 0.25) is 0 Å². The van der Waals surface area contributed by atoms with E-state index in [1.165, 1.54) is 5.56 Å². The summed E-state index contributed by atoms with van der Waals surface area (Å²) in [4.78, 5) is 0. The van der Waals surface area contributed by atoms with Gasteiger partial charge in [0.05, 0.1) is 14.2 Å². The highest BCUT2D eigenvalue weighted by atomic mass is 16.5. The van der Waals surface area contributed by atoms with E-state index >= 15 is 0 Å². The molecule has 1 atom stereocenters. The van der Waals surface area contributed by atoms with Crippen LogP contribution in [0.5, 0.6) is 11.5 Å². The van der Waals surface area contributed by atoms with Gasteiger partial charge in [-0.15, -0.1) is 0 Å². The predicted molar refractivity (Wildman–Crippen MR) is 81.4 cm³/mol. The summed E-state index contributed by atoms with van der Waals surface area (Å²) in [7, 11) is 3.29. The van der Waals surface area contributed by atoms with Gasteiger partial charge in [-0.25, -0.2) is 0 Å². The molecular weight excluding hydrogens is 254 g/mol. The van der Waals surface area contributed by atoms with Gasteiger partial charge in [-0.2, -0.15) is 0 Å². The lowest BCUT2D eigenvalue weighted by atomic mass is 10.0. The Morgan fingerprint density at radius 3 is 2.50 bits per heavy atom. The SMILES string of the molecule is CCCC(CCO)CNCc1ccc(OC)c(OC)c1. The van der Waals surface area contributed by atoms with Crippen LogP contribution in [0.15, 0.2) is 18.2 Å². The number of aliphatic hydroxyl groups is 1. The molecule has 114 valence electrons. The highest BCUT2D eigenvalue weighted by molar-refractivity contribution is 5.42. The number of nitrogens with one attached hydrogen (secondary N) is 1. The molecule has 4 nitrogen and oxygen atoms in total. The van der Waals surface area contributed by atoms with Crippen molar-refractivity contribution in [2.24, 2.45) is 5.92 Å². The molecule has 0 radical (unpaired) electrons. The Balaban J connectivity index is 2.48. The average Bonchev–Trinajstić information content (AvgIpc) is 2.47. The quantitative estimate of drug-likeness (QED) is 0.692. The molecule has 1 unspecified atom stereocenters. The smallest absolute Gasteiger partial charge is 0.161 e. The molecule has 0 fully saturated rings. The molecule has 4 heteroatoms. The number of methoxy groups -OCH3 is 2. The van der Waals surface area contributed by atoms with Crippen LogP contribution in [-0.4, -0.2) is 32.5 Å². The molecule has 1 aromatic rings. The van der Waals surface area contributed by atoms with Crippen LogP contribution in [0.2, 0.25) is 0 Å². The minimum atomic E-state index is 0.267. The summed E-state index contributed by atoms with van der Waals surface area (Å²) in [5, 5.41) is 12.5. The molecule has 0 heterocycles. The third kappa shape index (κ3) is 5.39. The van der Waals surface area contributed by atoms with Crippen molar-refractivity contribution in [2.45, 2.75) is 32.7 Å². The van der Waals surface area contributed by atoms with Crippen molar-refractivity contribution in [3.63, 3.8) is 0 Å². The lowest BCUT2D eigenvalue weighted by Crippen LogP contribution is -2.23. The molecule has 0 aliphatic heterocycles. The predicted octanol–water partition coefficient (Wildman–Crippen LogP) is 2.59. The molecule has 0 bridgehead atoms. The van der Waals surface area contributed by atoms with E-state index in [0.29, 0.717) is 5.92 Å². The van der Waals surface area contributed by atoms with Crippen molar-refractivity contribution < 1.29 is 14.6 Å². The van der Waals surface area contributed by atoms with Crippen LogP contribution in [0.3, 0.4) is 0 Å². The van der Waals surface area contributed by atoms with Gasteiger partial charge in [0.15, 0.2) is 11.5 Å². The molecule has 0 amide bonds. The van der Waals surface area contributed by atoms with E-state index in [9.17, 15) is 0 Å². The monoisotopic (exact) mass is 281 g/mol. The highest BCUT2D eigenvalue weighted by Crippen LogP contribution is 2.27. The molecule has 0 saturated heterocycles. The summed E-state index contributed by atoms with van der Waals surface area (Å²) in [6, 6.07) is 5.95. The van der Waals surface area contributed by atoms with Gasteiger partial charge in [0, 0.05) is 13.2 Å². The Kier molecular flexibility index (Phi) is 8.07. The maximum Gasteiger partial charge on any atom is 0.161 e. The maximum absolute atomic E-state index is 9.05. The number of benzene rings is 1. The number of aliphatic hydroxyl groups excluding tert-OH is 1. The highest BCUT2D eigenvalue weighted by Gasteiger charge is 2.08. The third-order valence-electron chi connectivity index (χ3n) is 3.44. The fourth-order valence-corrected chi connectivity index (χ4v) is 2.35. The molecule has 0 spiro atoms. The van der Waals surface area contributed by atoms with Crippen molar-refractivity contribution in [2.75, 3.05) is 27.4 Å². The van der Waals surface area contributed by atoms with Crippen LogP contribution < -0.4 is 14.8 Å². The summed E-state index contributed by atoms with van der Waals surface area (Å²) < 4.78 is 10.5. The normalized spacial score (nSPS) is 12.2. The molecule has 1 aromatic carbocycles. The van der Waals surface area contributed by atoms with Gasteiger partial charge >= 0.3 is 0 Å². The van der Waals surface area contributed by atoms with E-state index in [4.69, 9.17) is 14.6 Å². The summed E-state index contributed by atoms with van der Waals surface area (Å²) in [5.41, 5.74) is 1.17. The van der Waals surface area contributed by atoms with Crippen molar-refractivity contribution in [3.05, 3.63) is 23.8 Å². The van der Waals surface area contributed by atoms with Gasteiger partial charge in [-0.1, -0.05) is 19.4 Å². The first-order valence-electron chi connectivity index (χ1n) is 7.27. The molecule has 0 aromatic heterocycles. The van der Waals surface area contributed by atoms with Crippen molar-refractivity contribution in [3.8, 4) is 11.5 Å². The van der Waals surface area contributed by atoms with E-state index in [2.05, 4.69) is 12.2 Å². The first-order chi connectivity index (χ1) is 9.74. The first-order valence-corrected chi connectivity index (χ1v) is 7.27. The Hall–Kier alpha value is -1.26. The molecule has 20 heavy (non-hydrogen) atoms. The number of hydrogen-bond acceptors (Lipinski definition) is 4. The zero-order valence-electron chi connectivity index (χ0n) is 12.8. The average molecular weight is 281 g/mol. The van der Waals surface area contributed by atoms with Gasteiger partial charge in [-0.05, 0) is 43.0 Å². The third-order valence-corrected chi connectivity index (χ3v) is 3.44. The minimum absolute atomic E-state index is 0.267. The lowest BCUT2D eigenvalue weighted by molar-refractivity contribution is 0.248. The fourth-order valence-electron chi connectivity index (χ4n) is 2.35. The Bertz CT molecular complexity index is 376. The number of ether oxygens (including phenoxy) is 2. The van der Waals surface area contributed by atoms with Crippen LogP contribution in [0, 0.1) is 5.92 Å². The van der Waals surface area contributed by atoms with E-state index in [1.807, 2.05) is 18.2 Å². The molecule has 1 rings (SSSR count). The fraction of sp³-hybridized carbons (Fsp3) is 0.625. The maximum atomic E-state index is 9.05. The molecule has 0 aliphatic carbocycles. The van der Waals surface area contributed by atoms with Crippen molar-refractivity contribution in [1.82, 2.24) is 5.32 Å². The Morgan fingerprint density at radius 1 is 1.15 bits per heavy atom. The molecule has 0 saturated carbocycles. The topological polar surface area (TPSA) is 50.7 Å². The second-order valence-electron chi connectivity index (χ2n) is 4.99. The number of rotatable bonds is 10. The van der Waals surface area contributed by atoms with Gasteiger partial charge in [0.1, 0.15) is 0 Å². The zero-order valence-corrected chi connectivity index (χ0v) is 12.8. The minimum Gasteiger partial charge on any atom is -0.493 e. The molecular formula is C16H27NO3. The zero-order chi connectivity index (χ0) is 14.8. The molecule has 2 N–H and O–H groups in total. The summed E-state index contributed by atoms with van der Waals surface area (Å²) in [5.74, 6) is 2.05.